The zero-order valence-electron chi connectivity index (χ0n) is 8.88. The molecule has 2 aliphatic rings. The van der Waals surface area contributed by atoms with E-state index in [1.54, 1.807) is 0 Å². The standard InChI is InChI=1S/C10H18N2O2/c1-8(12-5-3-4-6-12)10(2)7-14-9(13)11-10/h8H,3-7H2,1-2H3,(H,11,13). The van der Waals surface area contributed by atoms with Crippen LogP contribution in [0.15, 0.2) is 0 Å². The first-order valence-electron chi connectivity index (χ1n) is 5.31. The van der Waals surface area contributed by atoms with Crippen molar-refractivity contribution in [2.75, 3.05) is 19.7 Å². The Bertz CT molecular complexity index is 238. The summed E-state index contributed by atoms with van der Waals surface area (Å²) in [6.07, 6.45) is 2.27. The van der Waals surface area contributed by atoms with Gasteiger partial charge in [0.25, 0.3) is 0 Å². The molecule has 0 bridgehead atoms. The third-order valence-electron chi connectivity index (χ3n) is 3.50. The van der Waals surface area contributed by atoms with E-state index in [0.29, 0.717) is 12.6 Å². The van der Waals surface area contributed by atoms with E-state index in [2.05, 4.69) is 24.1 Å². The molecule has 0 radical (unpaired) electrons. The Labute approximate surface area is 84.6 Å². The number of cyclic esters (lactones) is 1. The van der Waals surface area contributed by atoms with Crippen LogP contribution in [0.4, 0.5) is 4.79 Å². The zero-order chi connectivity index (χ0) is 10.2. The smallest absolute Gasteiger partial charge is 0.407 e. The molecule has 0 spiro atoms. The van der Waals surface area contributed by atoms with E-state index < -0.39 is 0 Å². The number of rotatable bonds is 2. The van der Waals surface area contributed by atoms with E-state index in [4.69, 9.17) is 4.74 Å². The maximum absolute atomic E-state index is 11.0. The summed E-state index contributed by atoms with van der Waals surface area (Å²) in [4.78, 5) is 13.5. The minimum absolute atomic E-state index is 0.207. The van der Waals surface area contributed by atoms with Gasteiger partial charge in [0, 0.05) is 6.04 Å². The van der Waals surface area contributed by atoms with Gasteiger partial charge in [0.2, 0.25) is 0 Å². The Morgan fingerprint density at radius 3 is 2.64 bits per heavy atom. The predicted molar refractivity (Wildman–Crippen MR) is 53.2 cm³/mol. The zero-order valence-corrected chi connectivity index (χ0v) is 8.88. The Hall–Kier alpha value is -0.770. The second-order valence-corrected chi connectivity index (χ2v) is 4.54. The molecule has 1 amide bonds. The van der Waals surface area contributed by atoms with Gasteiger partial charge in [-0.05, 0) is 39.8 Å². The fraction of sp³-hybridized carbons (Fsp3) is 0.900. The molecule has 2 heterocycles. The van der Waals surface area contributed by atoms with Gasteiger partial charge >= 0.3 is 6.09 Å². The van der Waals surface area contributed by atoms with Crippen molar-refractivity contribution in [1.29, 1.82) is 0 Å². The summed E-state index contributed by atoms with van der Waals surface area (Å²) in [6.45, 7) is 7.00. The van der Waals surface area contributed by atoms with E-state index in [9.17, 15) is 4.79 Å². The summed E-state index contributed by atoms with van der Waals surface area (Å²) in [7, 11) is 0. The molecule has 2 fully saturated rings. The number of carbonyl (C=O) groups excluding carboxylic acids is 1. The van der Waals surface area contributed by atoms with Crippen LogP contribution in [0.25, 0.3) is 0 Å². The number of likely N-dealkylation sites (tertiary alicyclic amines) is 1. The Morgan fingerprint density at radius 2 is 2.14 bits per heavy atom. The largest absolute Gasteiger partial charge is 0.447 e. The van der Waals surface area contributed by atoms with Gasteiger partial charge in [-0.1, -0.05) is 0 Å². The predicted octanol–water partition coefficient (Wildman–Crippen LogP) is 0.969. The molecule has 0 aliphatic carbocycles. The lowest BCUT2D eigenvalue weighted by molar-refractivity contribution is 0.133. The molecular weight excluding hydrogens is 180 g/mol. The fourth-order valence-corrected chi connectivity index (χ4v) is 2.28. The average Bonchev–Trinajstić information content (AvgIpc) is 2.75. The van der Waals surface area contributed by atoms with Crippen molar-refractivity contribution in [2.45, 2.75) is 38.3 Å². The second-order valence-electron chi connectivity index (χ2n) is 4.54. The topological polar surface area (TPSA) is 41.6 Å². The van der Waals surface area contributed by atoms with E-state index in [1.807, 2.05) is 0 Å². The fourth-order valence-electron chi connectivity index (χ4n) is 2.28. The molecule has 2 saturated heterocycles. The van der Waals surface area contributed by atoms with Crippen molar-refractivity contribution in [1.82, 2.24) is 10.2 Å². The summed E-state index contributed by atoms with van der Waals surface area (Å²) in [5.41, 5.74) is -0.207. The maximum Gasteiger partial charge on any atom is 0.407 e. The molecule has 1 N–H and O–H groups in total. The molecule has 4 nitrogen and oxygen atoms in total. The van der Waals surface area contributed by atoms with E-state index >= 15 is 0 Å². The summed E-state index contributed by atoms with van der Waals surface area (Å²) >= 11 is 0. The minimum Gasteiger partial charge on any atom is -0.447 e. The highest BCUT2D eigenvalue weighted by Crippen LogP contribution is 2.24. The third-order valence-corrected chi connectivity index (χ3v) is 3.50. The van der Waals surface area contributed by atoms with E-state index in [-0.39, 0.29) is 11.6 Å². The second kappa shape index (κ2) is 3.42. The Kier molecular flexibility index (Phi) is 2.39. The molecule has 0 aromatic rings. The van der Waals surface area contributed by atoms with Crippen LogP contribution in [-0.2, 0) is 4.74 Å². The van der Waals surface area contributed by atoms with Crippen LogP contribution < -0.4 is 5.32 Å². The van der Waals surface area contributed by atoms with Crippen molar-refractivity contribution in [3.05, 3.63) is 0 Å². The maximum atomic E-state index is 11.0. The van der Waals surface area contributed by atoms with Gasteiger partial charge in [-0.2, -0.15) is 0 Å². The van der Waals surface area contributed by atoms with Crippen molar-refractivity contribution >= 4 is 6.09 Å². The SMILES string of the molecule is CC(N1CCCC1)C1(C)COC(=O)N1. The lowest BCUT2D eigenvalue weighted by atomic mass is 9.94. The molecule has 0 aromatic carbocycles. The van der Waals surface area contributed by atoms with Gasteiger partial charge in [0.15, 0.2) is 0 Å². The van der Waals surface area contributed by atoms with Crippen LogP contribution in [0.1, 0.15) is 26.7 Å². The van der Waals surface area contributed by atoms with Gasteiger partial charge < -0.3 is 10.1 Å². The average molecular weight is 198 g/mol. The third kappa shape index (κ3) is 1.59. The van der Waals surface area contributed by atoms with Crippen LogP contribution in [-0.4, -0.2) is 42.3 Å². The van der Waals surface area contributed by atoms with Crippen LogP contribution in [0.5, 0.6) is 0 Å². The molecular formula is C10H18N2O2. The number of alkyl carbamates (subject to hydrolysis) is 1. The van der Waals surface area contributed by atoms with Gasteiger partial charge in [-0.3, -0.25) is 4.90 Å². The van der Waals surface area contributed by atoms with E-state index in [0.717, 1.165) is 13.1 Å². The van der Waals surface area contributed by atoms with Gasteiger partial charge in [-0.25, -0.2) is 4.79 Å². The highest BCUT2D eigenvalue weighted by molar-refractivity contribution is 5.70. The monoisotopic (exact) mass is 198 g/mol. The number of hydrogen-bond acceptors (Lipinski definition) is 3. The number of ether oxygens (including phenoxy) is 1. The number of amides is 1. The lowest BCUT2D eigenvalue weighted by Gasteiger charge is -2.35. The highest BCUT2D eigenvalue weighted by atomic mass is 16.6. The van der Waals surface area contributed by atoms with Crippen molar-refractivity contribution in [3.63, 3.8) is 0 Å². The molecule has 4 heteroatoms. The number of carbonyl (C=O) groups is 1. The van der Waals surface area contributed by atoms with Crippen LogP contribution in [0, 0.1) is 0 Å². The quantitative estimate of drug-likeness (QED) is 0.719. The summed E-state index contributed by atoms with van der Waals surface area (Å²) in [6, 6.07) is 0.358. The highest BCUT2D eigenvalue weighted by Gasteiger charge is 2.42. The summed E-state index contributed by atoms with van der Waals surface area (Å²) < 4.78 is 4.97. The molecule has 2 atom stereocenters. The first-order valence-corrected chi connectivity index (χ1v) is 5.31. The Balaban J connectivity index is 2.02. The normalized spacial score (nSPS) is 35.4. The molecule has 2 unspecified atom stereocenters. The number of nitrogens with zero attached hydrogens (tertiary/aromatic N) is 1. The van der Waals surface area contributed by atoms with Gasteiger partial charge in [0.1, 0.15) is 6.61 Å². The van der Waals surface area contributed by atoms with Crippen molar-refractivity contribution in [2.24, 2.45) is 0 Å². The molecule has 2 rings (SSSR count). The van der Waals surface area contributed by atoms with Crippen LogP contribution >= 0.6 is 0 Å². The first-order chi connectivity index (χ1) is 6.62. The first kappa shape index (κ1) is 9.77. The molecule has 2 aliphatic heterocycles. The molecule has 14 heavy (non-hydrogen) atoms. The molecule has 0 saturated carbocycles. The Morgan fingerprint density at radius 1 is 1.50 bits per heavy atom. The minimum atomic E-state index is -0.279. The van der Waals surface area contributed by atoms with Crippen LogP contribution in [0.3, 0.4) is 0 Å². The van der Waals surface area contributed by atoms with Crippen LogP contribution in [0.2, 0.25) is 0 Å². The lowest BCUT2D eigenvalue weighted by Crippen LogP contribution is -2.56. The molecule has 0 aromatic heterocycles. The molecule has 80 valence electrons. The van der Waals surface area contributed by atoms with E-state index in [1.165, 1.54) is 12.8 Å². The van der Waals surface area contributed by atoms with Crippen molar-refractivity contribution in [3.8, 4) is 0 Å². The number of nitrogens with one attached hydrogen (secondary N) is 1. The summed E-state index contributed by atoms with van der Waals surface area (Å²) in [5.74, 6) is 0. The van der Waals surface area contributed by atoms with Gasteiger partial charge in [0.05, 0.1) is 5.54 Å². The number of hydrogen-bond donors (Lipinski definition) is 1. The summed E-state index contributed by atoms with van der Waals surface area (Å²) in [5, 5.41) is 2.90. The van der Waals surface area contributed by atoms with Crippen molar-refractivity contribution < 1.29 is 9.53 Å². The van der Waals surface area contributed by atoms with Gasteiger partial charge in [-0.15, -0.1) is 0 Å².